The van der Waals surface area contributed by atoms with Crippen molar-refractivity contribution in [1.82, 2.24) is 0 Å². The van der Waals surface area contributed by atoms with Crippen LogP contribution in [0.3, 0.4) is 0 Å². The molecule has 1 aliphatic rings. The Morgan fingerprint density at radius 1 is 1.29 bits per heavy atom. The molecule has 1 aromatic carbocycles. The third-order valence-corrected chi connectivity index (χ3v) is 6.77. The van der Waals surface area contributed by atoms with Crippen molar-refractivity contribution >= 4 is 25.8 Å². The average molecular weight is 318 g/mol. The van der Waals surface area contributed by atoms with Crippen LogP contribution in [0.4, 0.5) is 0 Å². The Balaban J connectivity index is 2.40. The minimum absolute atomic E-state index is 0.104. The van der Waals surface area contributed by atoms with E-state index < -0.39 is 9.84 Å². The smallest absolute Gasteiger partial charge is 0.182 e. The summed E-state index contributed by atoms with van der Waals surface area (Å²) >= 11 is 3.31. The SMILES string of the molecule is NCC1CCCC1S(=O)(=O)c1ccccc1Br. The van der Waals surface area contributed by atoms with Crippen LogP contribution >= 0.6 is 15.9 Å². The fraction of sp³-hybridized carbons (Fsp3) is 0.500. The van der Waals surface area contributed by atoms with Crippen LogP contribution in [0, 0.1) is 5.92 Å². The van der Waals surface area contributed by atoms with E-state index in [9.17, 15) is 8.42 Å². The number of hydrogen-bond donors (Lipinski definition) is 1. The quantitative estimate of drug-likeness (QED) is 0.930. The highest BCUT2D eigenvalue weighted by atomic mass is 79.9. The van der Waals surface area contributed by atoms with E-state index >= 15 is 0 Å². The van der Waals surface area contributed by atoms with Crippen LogP contribution in [0.25, 0.3) is 0 Å². The minimum atomic E-state index is -3.26. The molecule has 0 aliphatic heterocycles. The highest BCUT2D eigenvalue weighted by Crippen LogP contribution is 2.36. The van der Waals surface area contributed by atoms with Crippen molar-refractivity contribution in [1.29, 1.82) is 0 Å². The van der Waals surface area contributed by atoms with E-state index in [1.54, 1.807) is 18.2 Å². The van der Waals surface area contributed by atoms with Crippen LogP contribution < -0.4 is 5.73 Å². The van der Waals surface area contributed by atoms with Crippen molar-refractivity contribution in [3.8, 4) is 0 Å². The number of rotatable bonds is 3. The van der Waals surface area contributed by atoms with E-state index in [2.05, 4.69) is 15.9 Å². The van der Waals surface area contributed by atoms with Crippen molar-refractivity contribution in [3.63, 3.8) is 0 Å². The summed E-state index contributed by atoms with van der Waals surface area (Å²) in [4.78, 5) is 0.394. The molecule has 0 bridgehead atoms. The lowest BCUT2D eigenvalue weighted by Crippen LogP contribution is -2.30. The Bertz CT molecular complexity index is 501. The molecule has 2 rings (SSSR count). The van der Waals surface area contributed by atoms with E-state index in [4.69, 9.17) is 5.73 Å². The number of halogens is 1. The van der Waals surface area contributed by atoms with Crippen LogP contribution in [0.5, 0.6) is 0 Å². The Morgan fingerprint density at radius 2 is 2.00 bits per heavy atom. The van der Waals surface area contributed by atoms with Crippen molar-refractivity contribution in [2.45, 2.75) is 29.4 Å². The van der Waals surface area contributed by atoms with Crippen LogP contribution in [0.15, 0.2) is 33.6 Å². The van der Waals surface area contributed by atoms with E-state index in [0.717, 1.165) is 19.3 Å². The predicted octanol–water partition coefficient (Wildman–Crippen LogP) is 2.35. The summed E-state index contributed by atoms with van der Waals surface area (Å²) in [5.41, 5.74) is 5.66. The zero-order valence-electron chi connectivity index (χ0n) is 9.47. The number of sulfone groups is 1. The summed E-state index contributed by atoms with van der Waals surface area (Å²) in [7, 11) is -3.26. The largest absolute Gasteiger partial charge is 0.330 e. The molecule has 2 N–H and O–H groups in total. The molecule has 0 heterocycles. The van der Waals surface area contributed by atoms with E-state index in [1.807, 2.05) is 6.07 Å². The Kier molecular flexibility index (Phi) is 3.90. The van der Waals surface area contributed by atoms with Crippen molar-refractivity contribution in [2.75, 3.05) is 6.54 Å². The first-order valence-electron chi connectivity index (χ1n) is 5.76. The lowest BCUT2D eigenvalue weighted by molar-refractivity contribution is 0.523. The van der Waals surface area contributed by atoms with Crippen LogP contribution in [0.1, 0.15) is 19.3 Å². The molecule has 5 heteroatoms. The third-order valence-electron chi connectivity index (χ3n) is 3.43. The van der Waals surface area contributed by atoms with Gasteiger partial charge in [-0.2, -0.15) is 0 Å². The molecule has 0 radical (unpaired) electrons. The van der Waals surface area contributed by atoms with Gasteiger partial charge < -0.3 is 5.73 Å². The second kappa shape index (κ2) is 5.08. The van der Waals surface area contributed by atoms with Gasteiger partial charge in [0, 0.05) is 4.47 Å². The van der Waals surface area contributed by atoms with Gasteiger partial charge in [0.2, 0.25) is 0 Å². The first-order valence-corrected chi connectivity index (χ1v) is 8.10. The first-order chi connectivity index (χ1) is 8.07. The molecule has 94 valence electrons. The predicted molar refractivity (Wildman–Crippen MR) is 71.5 cm³/mol. The van der Waals surface area contributed by atoms with Gasteiger partial charge >= 0.3 is 0 Å². The van der Waals surface area contributed by atoms with Gasteiger partial charge in [0.1, 0.15) is 0 Å². The molecule has 3 nitrogen and oxygen atoms in total. The summed E-state index contributed by atoms with van der Waals surface area (Å²) in [5.74, 6) is 0.104. The maximum atomic E-state index is 12.5. The lowest BCUT2D eigenvalue weighted by Gasteiger charge is -2.19. The number of nitrogens with two attached hydrogens (primary N) is 1. The summed E-state index contributed by atoms with van der Waals surface area (Å²) in [5, 5.41) is -0.314. The second-order valence-electron chi connectivity index (χ2n) is 4.44. The topological polar surface area (TPSA) is 60.2 Å². The fourth-order valence-electron chi connectivity index (χ4n) is 2.52. The van der Waals surface area contributed by atoms with E-state index in [-0.39, 0.29) is 11.2 Å². The van der Waals surface area contributed by atoms with Gasteiger partial charge in [-0.25, -0.2) is 8.42 Å². The molecule has 2 unspecified atom stereocenters. The molecular formula is C12H16BrNO2S. The Morgan fingerprint density at radius 3 is 2.65 bits per heavy atom. The van der Waals surface area contributed by atoms with E-state index in [0.29, 0.717) is 15.9 Å². The highest BCUT2D eigenvalue weighted by Gasteiger charge is 2.38. The minimum Gasteiger partial charge on any atom is -0.330 e. The molecule has 0 aromatic heterocycles. The van der Waals surface area contributed by atoms with Crippen molar-refractivity contribution in [3.05, 3.63) is 28.7 Å². The molecule has 0 spiro atoms. The monoisotopic (exact) mass is 317 g/mol. The standard InChI is InChI=1S/C12H16BrNO2S/c13-10-5-1-2-6-12(10)17(15,16)11-7-3-4-9(11)8-14/h1-2,5-6,9,11H,3-4,7-8,14H2. The highest BCUT2D eigenvalue weighted by molar-refractivity contribution is 9.10. The molecule has 1 aliphatic carbocycles. The lowest BCUT2D eigenvalue weighted by atomic mass is 10.1. The summed E-state index contributed by atoms with van der Waals surface area (Å²) in [6.07, 6.45) is 2.60. The fourth-order valence-corrected chi connectivity index (χ4v) is 5.65. The zero-order chi connectivity index (χ0) is 12.5. The van der Waals surface area contributed by atoms with Gasteiger partial charge in [0.25, 0.3) is 0 Å². The molecule has 1 saturated carbocycles. The molecule has 1 fully saturated rings. The molecule has 2 atom stereocenters. The summed E-state index contributed by atoms with van der Waals surface area (Å²) in [6.45, 7) is 0.453. The molecule has 1 aromatic rings. The zero-order valence-corrected chi connectivity index (χ0v) is 11.9. The normalized spacial score (nSPS) is 25.1. The Labute approximate surface area is 110 Å². The van der Waals surface area contributed by atoms with Crippen molar-refractivity contribution < 1.29 is 8.42 Å². The third kappa shape index (κ3) is 2.41. The van der Waals surface area contributed by atoms with Gasteiger partial charge in [-0.3, -0.25) is 0 Å². The van der Waals surface area contributed by atoms with Crippen molar-refractivity contribution in [2.24, 2.45) is 11.7 Å². The molecule has 0 saturated heterocycles. The molecular weight excluding hydrogens is 302 g/mol. The maximum Gasteiger partial charge on any atom is 0.182 e. The second-order valence-corrected chi connectivity index (χ2v) is 7.43. The molecule has 0 amide bonds. The van der Waals surface area contributed by atoms with E-state index in [1.165, 1.54) is 0 Å². The van der Waals surface area contributed by atoms with Gasteiger partial charge in [0.05, 0.1) is 10.1 Å². The van der Waals surface area contributed by atoms with Gasteiger partial charge in [-0.05, 0) is 53.4 Å². The summed E-state index contributed by atoms with van der Waals surface area (Å²) in [6, 6.07) is 6.99. The number of benzene rings is 1. The summed E-state index contributed by atoms with van der Waals surface area (Å²) < 4.78 is 25.7. The van der Waals surface area contributed by atoms with Gasteiger partial charge in [-0.15, -0.1) is 0 Å². The average Bonchev–Trinajstić information content (AvgIpc) is 2.78. The number of hydrogen-bond acceptors (Lipinski definition) is 3. The van der Waals surface area contributed by atoms with Gasteiger partial charge in [-0.1, -0.05) is 18.6 Å². The van der Waals surface area contributed by atoms with Crippen LogP contribution in [-0.4, -0.2) is 20.2 Å². The molecule has 17 heavy (non-hydrogen) atoms. The first kappa shape index (κ1) is 13.1. The van der Waals surface area contributed by atoms with Crippen LogP contribution in [0.2, 0.25) is 0 Å². The Hall–Kier alpha value is -0.390. The van der Waals surface area contributed by atoms with Crippen LogP contribution in [-0.2, 0) is 9.84 Å². The van der Waals surface area contributed by atoms with Gasteiger partial charge in [0.15, 0.2) is 9.84 Å². The maximum absolute atomic E-state index is 12.5.